The highest BCUT2D eigenvalue weighted by atomic mass is 16.5. The van der Waals surface area contributed by atoms with Crippen LogP contribution in [0.5, 0.6) is 5.75 Å². The Bertz CT molecular complexity index is 746. The highest BCUT2D eigenvalue weighted by Crippen LogP contribution is 2.32. The van der Waals surface area contributed by atoms with Gasteiger partial charge in [-0.1, -0.05) is 32.0 Å². The second-order valence-corrected chi connectivity index (χ2v) is 5.90. The van der Waals surface area contributed by atoms with Crippen molar-refractivity contribution < 1.29 is 9.53 Å². The molecule has 0 fully saturated rings. The SMILES string of the molecule is CCC(C)c1ccccc1OC(C)c1nc(N)nc(C)c1C(N)=O. The minimum Gasteiger partial charge on any atom is -0.484 e. The molecule has 0 aliphatic rings. The van der Waals surface area contributed by atoms with Crippen LogP contribution in [-0.4, -0.2) is 15.9 Å². The minimum atomic E-state index is -0.590. The van der Waals surface area contributed by atoms with Gasteiger partial charge in [-0.15, -0.1) is 0 Å². The molecule has 1 aromatic heterocycles. The van der Waals surface area contributed by atoms with Crippen LogP contribution in [0.15, 0.2) is 24.3 Å². The van der Waals surface area contributed by atoms with Crippen molar-refractivity contribution in [2.24, 2.45) is 5.73 Å². The second kappa shape index (κ2) is 7.29. The van der Waals surface area contributed by atoms with Crippen LogP contribution in [0.1, 0.15) is 66.5 Å². The number of aromatic nitrogens is 2. The lowest BCUT2D eigenvalue weighted by molar-refractivity contribution is 0.0993. The number of carbonyl (C=O) groups is 1. The third-order valence-corrected chi connectivity index (χ3v) is 4.13. The number of rotatable bonds is 6. The van der Waals surface area contributed by atoms with Gasteiger partial charge < -0.3 is 16.2 Å². The number of nitrogens with zero attached hydrogens (tertiary/aromatic N) is 2. The molecule has 0 saturated carbocycles. The van der Waals surface area contributed by atoms with Gasteiger partial charge in [-0.25, -0.2) is 9.97 Å². The third-order valence-electron chi connectivity index (χ3n) is 4.13. The van der Waals surface area contributed by atoms with Crippen molar-refractivity contribution in [1.82, 2.24) is 9.97 Å². The van der Waals surface area contributed by atoms with Gasteiger partial charge in [0.25, 0.3) is 5.91 Å². The van der Waals surface area contributed by atoms with Crippen LogP contribution in [-0.2, 0) is 0 Å². The molecule has 4 N–H and O–H groups in total. The topological polar surface area (TPSA) is 104 Å². The first-order chi connectivity index (χ1) is 11.3. The number of hydrogen-bond acceptors (Lipinski definition) is 5. The largest absolute Gasteiger partial charge is 0.484 e. The van der Waals surface area contributed by atoms with E-state index in [1.54, 1.807) is 6.92 Å². The van der Waals surface area contributed by atoms with Crippen LogP contribution >= 0.6 is 0 Å². The molecule has 1 amide bonds. The van der Waals surface area contributed by atoms with Crippen LogP contribution in [0, 0.1) is 6.92 Å². The Morgan fingerprint density at radius 1 is 1.25 bits per heavy atom. The lowest BCUT2D eigenvalue weighted by Crippen LogP contribution is -2.22. The molecule has 0 radical (unpaired) electrons. The van der Waals surface area contributed by atoms with E-state index >= 15 is 0 Å². The zero-order chi connectivity index (χ0) is 17.9. The average Bonchev–Trinajstić information content (AvgIpc) is 2.53. The van der Waals surface area contributed by atoms with E-state index in [1.807, 2.05) is 31.2 Å². The Balaban J connectivity index is 2.42. The quantitative estimate of drug-likeness (QED) is 0.847. The maximum absolute atomic E-state index is 11.8. The van der Waals surface area contributed by atoms with Gasteiger partial charge in [-0.3, -0.25) is 4.79 Å². The summed E-state index contributed by atoms with van der Waals surface area (Å²) < 4.78 is 6.10. The van der Waals surface area contributed by atoms with E-state index in [0.717, 1.165) is 17.7 Å². The summed E-state index contributed by atoms with van der Waals surface area (Å²) in [5, 5.41) is 0. The van der Waals surface area contributed by atoms with Crippen molar-refractivity contribution in [2.45, 2.75) is 46.1 Å². The molecule has 0 aliphatic carbocycles. The van der Waals surface area contributed by atoms with Gasteiger partial charge in [0.1, 0.15) is 11.9 Å². The monoisotopic (exact) mass is 328 g/mol. The number of anilines is 1. The fourth-order valence-corrected chi connectivity index (χ4v) is 2.68. The maximum atomic E-state index is 11.8. The number of para-hydroxylation sites is 1. The Labute approximate surface area is 142 Å². The zero-order valence-corrected chi connectivity index (χ0v) is 14.5. The lowest BCUT2D eigenvalue weighted by Gasteiger charge is -2.21. The molecule has 2 unspecified atom stereocenters. The van der Waals surface area contributed by atoms with E-state index in [2.05, 4.69) is 23.8 Å². The Morgan fingerprint density at radius 3 is 2.54 bits per heavy atom. The predicted octanol–water partition coefficient (Wildman–Crippen LogP) is 3.12. The molecule has 1 heterocycles. The number of benzene rings is 1. The number of carbonyl (C=O) groups excluding carboxylic acids is 1. The van der Waals surface area contributed by atoms with Gasteiger partial charge >= 0.3 is 0 Å². The average molecular weight is 328 g/mol. The Hall–Kier alpha value is -2.63. The van der Waals surface area contributed by atoms with Gasteiger partial charge in [-0.2, -0.15) is 0 Å². The number of nitrogen functional groups attached to an aromatic ring is 1. The fraction of sp³-hybridized carbons (Fsp3) is 0.389. The summed E-state index contributed by atoms with van der Waals surface area (Å²) in [6, 6.07) is 7.87. The molecular weight excluding hydrogens is 304 g/mol. The van der Waals surface area contributed by atoms with Gasteiger partial charge in [0.15, 0.2) is 0 Å². The number of primary amides is 1. The molecule has 6 nitrogen and oxygen atoms in total. The number of nitrogens with two attached hydrogens (primary N) is 2. The molecule has 0 spiro atoms. The van der Waals surface area contributed by atoms with Crippen molar-refractivity contribution in [3.8, 4) is 5.75 Å². The molecule has 0 bridgehead atoms. The Morgan fingerprint density at radius 2 is 1.92 bits per heavy atom. The molecular formula is C18H24N4O2. The van der Waals surface area contributed by atoms with E-state index in [4.69, 9.17) is 16.2 Å². The molecule has 24 heavy (non-hydrogen) atoms. The van der Waals surface area contributed by atoms with Gasteiger partial charge in [0.05, 0.1) is 17.0 Å². The number of ether oxygens (including phenoxy) is 1. The summed E-state index contributed by atoms with van der Waals surface area (Å²) in [6.07, 6.45) is 0.516. The number of amides is 1. The van der Waals surface area contributed by atoms with Gasteiger partial charge in [0, 0.05) is 0 Å². The van der Waals surface area contributed by atoms with Crippen molar-refractivity contribution in [3.05, 3.63) is 46.8 Å². The van der Waals surface area contributed by atoms with Crippen LogP contribution in [0.25, 0.3) is 0 Å². The molecule has 2 rings (SSSR count). The minimum absolute atomic E-state index is 0.0955. The summed E-state index contributed by atoms with van der Waals surface area (Å²) in [5.41, 5.74) is 13.5. The molecule has 2 aromatic rings. The van der Waals surface area contributed by atoms with Crippen LogP contribution in [0.2, 0.25) is 0 Å². The molecule has 2 atom stereocenters. The van der Waals surface area contributed by atoms with Crippen molar-refractivity contribution in [3.63, 3.8) is 0 Å². The van der Waals surface area contributed by atoms with Gasteiger partial charge in [0.2, 0.25) is 5.95 Å². The van der Waals surface area contributed by atoms with Crippen molar-refractivity contribution in [1.29, 1.82) is 0 Å². The Kier molecular flexibility index (Phi) is 5.39. The fourth-order valence-electron chi connectivity index (χ4n) is 2.68. The van der Waals surface area contributed by atoms with Crippen LogP contribution in [0.4, 0.5) is 5.95 Å². The lowest BCUT2D eigenvalue weighted by atomic mass is 9.97. The first-order valence-corrected chi connectivity index (χ1v) is 8.04. The number of aryl methyl sites for hydroxylation is 1. The highest BCUT2D eigenvalue weighted by Gasteiger charge is 2.22. The van der Waals surface area contributed by atoms with Crippen molar-refractivity contribution in [2.75, 3.05) is 5.73 Å². The van der Waals surface area contributed by atoms with Crippen LogP contribution in [0.3, 0.4) is 0 Å². The van der Waals surface area contributed by atoms with E-state index in [-0.39, 0.29) is 11.5 Å². The maximum Gasteiger partial charge on any atom is 0.252 e. The standard InChI is InChI=1S/C18H24N4O2/c1-5-10(2)13-8-6-7-9-14(13)24-12(4)16-15(17(19)23)11(3)21-18(20)22-16/h6-10,12H,5H2,1-4H3,(H2,19,23)(H2,20,21,22). The molecule has 0 aliphatic heterocycles. The van der Waals surface area contributed by atoms with Crippen LogP contribution < -0.4 is 16.2 Å². The predicted molar refractivity (Wildman–Crippen MR) is 93.9 cm³/mol. The molecule has 6 heteroatoms. The van der Waals surface area contributed by atoms with E-state index < -0.39 is 12.0 Å². The summed E-state index contributed by atoms with van der Waals surface area (Å²) in [7, 11) is 0. The summed E-state index contributed by atoms with van der Waals surface area (Å²) in [5.74, 6) is 0.636. The highest BCUT2D eigenvalue weighted by molar-refractivity contribution is 5.95. The molecule has 0 saturated heterocycles. The molecule has 128 valence electrons. The third kappa shape index (κ3) is 3.64. The van der Waals surface area contributed by atoms with Gasteiger partial charge in [-0.05, 0) is 37.8 Å². The van der Waals surface area contributed by atoms with E-state index in [9.17, 15) is 4.79 Å². The molecule has 1 aromatic carbocycles. The first-order valence-electron chi connectivity index (χ1n) is 8.04. The summed E-state index contributed by atoms with van der Waals surface area (Å²) in [6.45, 7) is 7.78. The smallest absolute Gasteiger partial charge is 0.252 e. The number of hydrogen-bond donors (Lipinski definition) is 2. The zero-order valence-electron chi connectivity index (χ0n) is 14.5. The normalized spacial score (nSPS) is 13.3. The van der Waals surface area contributed by atoms with E-state index in [0.29, 0.717) is 17.3 Å². The second-order valence-electron chi connectivity index (χ2n) is 5.90. The first kappa shape index (κ1) is 17.7. The van der Waals surface area contributed by atoms with E-state index in [1.165, 1.54) is 0 Å². The van der Waals surface area contributed by atoms with Crippen molar-refractivity contribution >= 4 is 11.9 Å². The summed E-state index contributed by atoms with van der Waals surface area (Å²) in [4.78, 5) is 20.0. The summed E-state index contributed by atoms with van der Waals surface area (Å²) >= 11 is 0.